The Morgan fingerprint density at radius 1 is 1.35 bits per heavy atom. The minimum Gasteiger partial charge on any atom is -0.399 e. The first kappa shape index (κ1) is 12.2. The maximum Gasteiger partial charge on any atom is 0.0511 e. The third kappa shape index (κ3) is 3.37. The van der Waals surface area contributed by atoms with Gasteiger partial charge in [0.25, 0.3) is 0 Å². The fraction of sp³-hybridized carbons (Fsp3) is 0.571. The lowest BCUT2D eigenvalue weighted by molar-refractivity contribution is 0.104. The second-order valence-corrected chi connectivity index (χ2v) is 4.71. The molecule has 0 saturated carbocycles. The first-order chi connectivity index (χ1) is 8.29. The number of nitrogen functional groups attached to an aromatic ring is 1. The first-order valence-corrected chi connectivity index (χ1v) is 6.48. The average molecular weight is 234 g/mol. The Kier molecular flexibility index (Phi) is 4.26. The smallest absolute Gasteiger partial charge is 0.0511 e. The summed E-state index contributed by atoms with van der Waals surface area (Å²) in [5.74, 6) is 0.668. The molecule has 0 aromatic heterocycles. The zero-order valence-corrected chi connectivity index (χ0v) is 10.6. The number of ether oxygens (including phenoxy) is 1. The van der Waals surface area contributed by atoms with Crippen molar-refractivity contribution in [3.8, 4) is 0 Å². The molecule has 1 atom stereocenters. The Labute approximate surface area is 104 Å². The predicted molar refractivity (Wildman–Crippen MR) is 72.3 cm³/mol. The van der Waals surface area contributed by atoms with Gasteiger partial charge in [-0.1, -0.05) is 0 Å². The molecule has 1 heterocycles. The van der Waals surface area contributed by atoms with Crippen LogP contribution < -0.4 is 10.6 Å². The van der Waals surface area contributed by atoms with E-state index in [-0.39, 0.29) is 0 Å². The highest BCUT2D eigenvalue weighted by atomic mass is 16.5. The molecule has 17 heavy (non-hydrogen) atoms. The van der Waals surface area contributed by atoms with E-state index in [2.05, 4.69) is 24.0 Å². The number of hydrogen-bond donors (Lipinski definition) is 1. The van der Waals surface area contributed by atoms with Crippen molar-refractivity contribution in [3.63, 3.8) is 0 Å². The van der Waals surface area contributed by atoms with Gasteiger partial charge in [0.1, 0.15) is 0 Å². The van der Waals surface area contributed by atoms with Crippen LogP contribution in [0.25, 0.3) is 0 Å². The van der Waals surface area contributed by atoms with E-state index in [4.69, 9.17) is 10.5 Å². The number of rotatable bonds is 4. The van der Waals surface area contributed by atoms with Crippen LogP contribution in [0.2, 0.25) is 0 Å². The molecule has 0 aliphatic carbocycles. The molecule has 0 radical (unpaired) electrons. The van der Waals surface area contributed by atoms with Gasteiger partial charge in [-0.2, -0.15) is 0 Å². The molecular weight excluding hydrogens is 212 g/mol. The molecule has 1 aliphatic rings. The third-order valence-corrected chi connectivity index (χ3v) is 3.33. The predicted octanol–water partition coefficient (Wildman–Crippen LogP) is 2.52. The van der Waals surface area contributed by atoms with E-state index in [9.17, 15) is 0 Å². The number of piperidine rings is 1. The van der Waals surface area contributed by atoms with Crippen molar-refractivity contribution in [2.45, 2.75) is 19.8 Å². The van der Waals surface area contributed by atoms with Crippen LogP contribution in [0.3, 0.4) is 0 Å². The van der Waals surface area contributed by atoms with Crippen molar-refractivity contribution < 1.29 is 4.74 Å². The zero-order chi connectivity index (χ0) is 12.1. The fourth-order valence-electron chi connectivity index (χ4n) is 2.41. The van der Waals surface area contributed by atoms with Crippen molar-refractivity contribution in [1.29, 1.82) is 0 Å². The Balaban J connectivity index is 1.94. The van der Waals surface area contributed by atoms with E-state index in [1.165, 1.54) is 18.5 Å². The zero-order valence-electron chi connectivity index (χ0n) is 10.6. The van der Waals surface area contributed by atoms with Crippen LogP contribution >= 0.6 is 0 Å². The number of benzene rings is 1. The standard InChI is InChI=1S/C14H22N2O/c1-2-17-11-12-4-3-9-16(10-12)14-7-5-13(15)6-8-14/h5-8,12H,2-4,9-11,15H2,1H3/t12-/m0/s1. The van der Waals surface area contributed by atoms with Crippen LogP contribution in [0.1, 0.15) is 19.8 Å². The maximum atomic E-state index is 5.71. The van der Waals surface area contributed by atoms with Gasteiger partial charge in [-0.05, 0) is 49.9 Å². The van der Waals surface area contributed by atoms with E-state index in [0.29, 0.717) is 5.92 Å². The molecule has 1 saturated heterocycles. The Morgan fingerprint density at radius 2 is 2.12 bits per heavy atom. The van der Waals surface area contributed by atoms with Crippen molar-refractivity contribution in [1.82, 2.24) is 0 Å². The molecular formula is C14H22N2O. The molecule has 3 nitrogen and oxygen atoms in total. The molecule has 1 aromatic rings. The summed E-state index contributed by atoms with van der Waals surface area (Å²) in [6, 6.07) is 8.17. The van der Waals surface area contributed by atoms with Crippen molar-refractivity contribution in [2.75, 3.05) is 36.9 Å². The topological polar surface area (TPSA) is 38.5 Å². The van der Waals surface area contributed by atoms with E-state index in [1.807, 2.05) is 12.1 Å². The van der Waals surface area contributed by atoms with Crippen LogP contribution in [0.4, 0.5) is 11.4 Å². The Bertz CT molecular complexity index is 337. The van der Waals surface area contributed by atoms with Crippen LogP contribution in [0, 0.1) is 5.92 Å². The lowest BCUT2D eigenvalue weighted by Gasteiger charge is -2.34. The monoisotopic (exact) mass is 234 g/mol. The summed E-state index contributed by atoms with van der Waals surface area (Å²) in [6.45, 7) is 6.01. The second kappa shape index (κ2) is 5.92. The van der Waals surface area contributed by atoms with Gasteiger partial charge in [0, 0.05) is 31.1 Å². The molecule has 2 N–H and O–H groups in total. The van der Waals surface area contributed by atoms with Gasteiger partial charge in [0.2, 0.25) is 0 Å². The Morgan fingerprint density at radius 3 is 2.82 bits per heavy atom. The minimum atomic E-state index is 0.668. The fourth-order valence-corrected chi connectivity index (χ4v) is 2.41. The highest BCUT2D eigenvalue weighted by Crippen LogP contribution is 2.24. The highest BCUT2D eigenvalue weighted by Gasteiger charge is 2.19. The number of nitrogens with two attached hydrogens (primary N) is 1. The molecule has 94 valence electrons. The van der Waals surface area contributed by atoms with Gasteiger partial charge in [-0.15, -0.1) is 0 Å². The number of anilines is 2. The number of nitrogens with zero attached hydrogens (tertiary/aromatic N) is 1. The molecule has 0 bridgehead atoms. The molecule has 0 amide bonds. The van der Waals surface area contributed by atoms with Crippen LogP contribution in [0.5, 0.6) is 0 Å². The average Bonchev–Trinajstić information content (AvgIpc) is 2.37. The van der Waals surface area contributed by atoms with Crippen molar-refractivity contribution >= 4 is 11.4 Å². The molecule has 1 aromatic carbocycles. The van der Waals surface area contributed by atoms with Gasteiger partial charge >= 0.3 is 0 Å². The molecule has 1 aliphatic heterocycles. The summed E-state index contributed by atoms with van der Waals surface area (Å²) in [5, 5.41) is 0. The summed E-state index contributed by atoms with van der Waals surface area (Å²) in [4.78, 5) is 2.44. The van der Waals surface area contributed by atoms with Gasteiger partial charge in [-0.25, -0.2) is 0 Å². The first-order valence-electron chi connectivity index (χ1n) is 6.48. The Hall–Kier alpha value is -1.22. The van der Waals surface area contributed by atoms with E-state index in [0.717, 1.165) is 32.0 Å². The largest absolute Gasteiger partial charge is 0.399 e. The number of hydrogen-bond acceptors (Lipinski definition) is 3. The normalized spacial score (nSPS) is 20.5. The van der Waals surface area contributed by atoms with Crippen molar-refractivity contribution in [2.24, 2.45) is 5.92 Å². The third-order valence-electron chi connectivity index (χ3n) is 3.33. The molecule has 0 unspecified atom stereocenters. The van der Waals surface area contributed by atoms with E-state index < -0.39 is 0 Å². The molecule has 1 fully saturated rings. The molecule has 0 spiro atoms. The maximum absolute atomic E-state index is 5.71. The van der Waals surface area contributed by atoms with Crippen molar-refractivity contribution in [3.05, 3.63) is 24.3 Å². The van der Waals surface area contributed by atoms with E-state index in [1.54, 1.807) is 0 Å². The summed E-state index contributed by atoms with van der Waals surface area (Å²) in [6.07, 6.45) is 2.54. The van der Waals surface area contributed by atoms with Gasteiger partial charge in [-0.3, -0.25) is 0 Å². The lowest BCUT2D eigenvalue weighted by atomic mass is 9.98. The molecule has 3 heteroatoms. The van der Waals surface area contributed by atoms with Crippen LogP contribution in [0.15, 0.2) is 24.3 Å². The SMILES string of the molecule is CCOC[C@H]1CCCN(c2ccc(N)cc2)C1. The minimum absolute atomic E-state index is 0.668. The quantitative estimate of drug-likeness (QED) is 0.814. The summed E-state index contributed by atoms with van der Waals surface area (Å²) in [5.41, 5.74) is 7.82. The summed E-state index contributed by atoms with van der Waals surface area (Å²) < 4.78 is 5.53. The van der Waals surface area contributed by atoms with Gasteiger partial charge in [0.15, 0.2) is 0 Å². The highest BCUT2D eigenvalue weighted by molar-refractivity contribution is 5.53. The van der Waals surface area contributed by atoms with Crippen LogP contribution in [-0.4, -0.2) is 26.3 Å². The van der Waals surface area contributed by atoms with Crippen LogP contribution in [-0.2, 0) is 4.74 Å². The van der Waals surface area contributed by atoms with Gasteiger partial charge < -0.3 is 15.4 Å². The van der Waals surface area contributed by atoms with Gasteiger partial charge in [0.05, 0.1) is 6.61 Å². The summed E-state index contributed by atoms with van der Waals surface area (Å²) >= 11 is 0. The molecule has 2 rings (SSSR count). The lowest BCUT2D eigenvalue weighted by Crippen LogP contribution is -2.37. The van der Waals surface area contributed by atoms with E-state index >= 15 is 0 Å². The summed E-state index contributed by atoms with van der Waals surface area (Å²) in [7, 11) is 0. The second-order valence-electron chi connectivity index (χ2n) is 4.71.